The molecular weight excluding hydrogens is 276 g/mol. The molecule has 22 heavy (non-hydrogen) atoms. The first kappa shape index (κ1) is 20.8. The predicted molar refractivity (Wildman–Crippen MR) is 92.9 cm³/mol. The topological polar surface area (TPSA) is 35.5 Å². The first-order chi connectivity index (χ1) is 10.5. The fraction of sp³-hybridized carbons (Fsp3) is 0.737. The highest BCUT2D eigenvalue weighted by atomic mass is 16.7. The Bertz CT molecular complexity index is 322. The maximum absolute atomic E-state index is 11.6. The summed E-state index contributed by atoms with van der Waals surface area (Å²) >= 11 is 0. The van der Waals surface area contributed by atoms with Crippen LogP contribution in [0.15, 0.2) is 24.3 Å². The number of carbonyl (C=O) groups is 1. The van der Waals surface area contributed by atoms with Gasteiger partial charge in [0.1, 0.15) is 12.7 Å². The highest BCUT2D eigenvalue weighted by molar-refractivity contribution is 5.60. The molecule has 3 heteroatoms. The average Bonchev–Trinajstić information content (AvgIpc) is 2.46. The molecule has 0 saturated heterocycles. The number of hydrogen-bond acceptors (Lipinski definition) is 3. The summed E-state index contributed by atoms with van der Waals surface area (Å²) in [4.78, 5) is 11.6. The highest BCUT2D eigenvalue weighted by Gasteiger charge is 2.22. The maximum atomic E-state index is 11.6. The lowest BCUT2D eigenvalue weighted by atomic mass is 9.96. The molecule has 0 aliphatic rings. The number of ether oxygens (including phenoxy) is 2. The Balaban J connectivity index is 3.77. The lowest BCUT2D eigenvalue weighted by Crippen LogP contribution is -2.29. The molecule has 0 amide bonds. The minimum atomic E-state index is -0.577. The standard InChI is InChI=1S/C19H34O3/c1-6-7-8-9-10-11-12-13-14-15-21-19(20)22-18(16(2)3)17(4)5/h10-11,13-14,16-18H,6-9,12,15H2,1-5H3/b11-10-,14-13-. The summed E-state index contributed by atoms with van der Waals surface area (Å²) in [5, 5.41) is 0. The average molecular weight is 310 g/mol. The van der Waals surface area contributed by atoms with Crippen LogP contribution in [0, 0.1) is 11.8 Å². The quantitative estimate of drug-likeness (QED) is 0.270. The third-order valence-electron chi connectivity index (χ3n) is 3.42. The van der Waals surface area contributed by atoms with Gasteiger partial charge in [-0.1, -0.05) is 71.8 Å². The SMILES string of the molecule is CCCCC/C=C\C/C=C\COC(=O)OC(C(C)C)C(C)C. The summed E-state index contributed by atoms with van der Waals surface area (Å²) in [6, 6.07) is 0. The van der Waals surface area contributed by atoms with Crippen molar-refractivity contribution in [1.82, 2.24) is 0 Å². The van der Waals surface area contributed by atoms with Gasteiger partial charge in [-0.05, 0) is 31.1 Å². The monoisotopic (exact) mass is 310 g/mol. The second-order valence-electron chi connectivity index (χ2n) is 6.31. The minimum Gasteiger partial charge on any atom is -0.430 e. The van der Waals surface area contributed by atoms with Crippen molar-refractivity contribution in [3.63, 3.8) is 0 Å². The zero-order chi connectivity index (χ0) is 16.8. The van der Waals surface area contributed by atoms with Crippen molar-refractivity contribution in [3.05, 3.63) is 24.3 Å². The molecular formula is C19H34O3. The van der Waals surface area contributed by atoms with E-state index in [1.54, 1.807) is 0 Å². The van der Waals surface area contributed by atoms with Gasteiger partial charge < -0.3 is 9.47 Å². The molecule has 128 valence electrons. The second-order valence-corrected chi connectivity index (χ2v) is 6.31. The molecule has 0 heterocycles. The van der Waals surface area contributed by atoms with Crippen LogP contribution in [0.2, 0.25) is 0 Å². The molecule has 0 aliphatic carbocycles. The summed E-state index contributed by atoms with van der Waals surface area (Å²) in [5.74, 6) is 0.585. The molecule has 0 aromatic heterocycles. The molecule has 0 saturated carbocycles. The Morgan fingerprint density at radius 3 is 2.18 bits per heavy atom. The van der Waals surface area contributed by atoms with Crippen LogP contribution in [-0.2, 0) is 9.47 Å². The Hall–Kier alpha value is -1.25. The van der Waals surface area contributed by atoms with Crippen molar-refractivity contribution in [1.29, 1.82) is 0 Å². The van der Waals surface area contributed by atoms with Gasteiger partial charge in [-0.15, -0.1) is 0 Å². The van der Waals surface area contributed by atoms with Crippen molar-refractivity contribution in [2.45, 2.75) is 72.8 Å². The summed E-state index contributed by atoms with van der Waals surface area (Å²) < 4.78 is 10.4. The Labute approximate surface area is 136 Å². The smallest absolute Gasteiger partial charge is 0.430 e. The van der Waals surface area contributed by atoms with E-state index >= 15 is 0 Å². The fourth-order valence-electron chi connectivity index (χ4n) is 2.27. The van der Waals surface area contributed by atoms with Crippen LogP contribution in [0.3, 0.4) is 0 Å². The van der Waals surface area contributed by atoms with Gasteiger partial charge in [-0.25, -0.2) is 4.79 Å². The zero-order valence-corrected chi connectivity index (χ0v) is 15.0. The largest absolute Gasteiger partial charge is 0.508 e. The lowest BCUT2D eigenvalue weighted by molar-refractivity contribution is -0.00626. The molecule has 0 atom stereocenters. The summed E-state index contributed by atoms with van der Waals surface area (Å²) in [5.41, 5.74) is 0. The number of rotatable bonds is 11. The number of carbonyl (C=O) groups excluding carboxylic acids is 1. The third-order valence-corrected chi connectivity index (χ3v) is 3.42. The van der Waals surface area contributed by atoms with Gasteiger partial charge in [0.15, 0.2) is 0 Å². The van der Waals surface area contributed by atoms with E-state index in [0.29, 0.717) is 11.8 Å². The molecule has 0 unspecified atom stereocenters. The van der Waals surface area contributed by atoms with Crippen molar-refractivity contribution < 1.29 is 14.3 Å². The van der Waals surface area contributed by atoms with Crippen LogP contribution in [0.1, 0.15) is 66.7 Å². The third kappa shape index (κ3) is 11.4. The molecule has 0 fully saturated rings. The van der Waals surface area contributed by atoms with Crippen LogP contribution >= 0.6 is 0 Å². The van der Waals surface area contributed by atoms with Gasteiger partial charge in [0.05, 0.1) is 0 Å². The van der Waals surface area contributed by atoms with E-state index in [0.717, 1.165) is 12.8 Å². The Morgan fingerprint density at radius 1 is 0.955 bits per heavy atom. The normalized spacial score (nSPS) is 12.2. The van der Waals surface area contributed by atoms with E-state index in [1.165, 1.54) is 19.3 Å². The van der Waals surface area contributed by atoms with Crippen LogP contribution in [0.4, 0.5) is 4.79 Å². The van der Waals surface area contributed by atoms with Crippen LogP contribution < -0.4 is 0 Å². The van der Waals surface area contributed by atoms with Gasteiger partial charge >= 0.3 is 6.16 Å². The molecule has 0 N–H and O–H groups in total. The van der Waals surface area contributed by atoms with Crippen LogP contribution in [0.5, 0.6) is 0 Å². The molecule has 3 nitrogen and oxygen atoms in total. The van der Waals surface area contributed by atoms with E-state index in [9.17, 15) is 4.79 Å². The van der Waals surface area contributed by atoms with Gasteiger partial charge in [0, 0.05) is 0 Å². The van der Waals surface area contributed by atoms with Crippen molar-refractivity contribution >= 4 is 6.16 Å². The first-order valence-corrected chi connectivity index (χ1v) is 8.62. The number of unbranched alkanes of at least 4 members (excludes halogenated alkanes) is 3. The Morgan fingerprint density at radius 2 is 1.59 bits per heavy atom. The van der Waals surface area contributed by atoms with E-state index in [-0.39, 0.29) is 12.7 Å². The van der Waals surface area contributed by atoms with Crippen molar-refractivity contribution in [2.75, 3.05) is 6.61 Å². The van der Waals surface area contributed by atoms with Gasteiger partial charge in [-0.3, -0.25) is 0 Å². The van der Waals surface area contributed by atoms with Gasteiger partial charge in [-0.2, -0.15) is 0 Å². The minimum absolute atomic E-state index is 0.0949. The molecule has 0 aliphatic heterocycles. The van der Waals surface area contributed by atoms with Crippen LogP contribution in [-0.4, -0.2) is 18.9 Å². The predicted octanol–water partition coefficient (Wildman–Crippen LogP) is 5.90. The summed E-state index contributed by atoms with van der Waals surface area (Å²) in [6.07, 6.45) is 13.4. The zero-order valence-electron chi connectivity index (χ0n) is 15.0. The maximum Gasteiger partial charge on any atom is 0.508 e. The van der Waals surface area contributed by atoms with E-state index in [1.807, 2.05) is 39.8 Å². The van der Waals surface area contributed by atoms with E-state index in [2.05, 4.69) is 19.1 Å². The van der Waals surface area contributed by atoms with Crippen molar-refractivity contribution in [3.8, 4) is 0 Å². The van der Waals surface area contributed by atoms with Crippen molar-refractivity contribution in [2.24, 2.45) is 11.8 Å². The van der Waals surface area contributed by atoms with Gasteiger partial charge in [0.2, 0.25) is 0 Å². The van der Waals surface area contributed by atoms with E-state index < -0.39 is 6.16 Å². The summed E-state index contributed by atoms with van der Waals surface area (Å²) in [6.45, 7) is 10.7. The molecule has 0 spiro atoms. The molecule has 0 aromatic carbocycles. The lowest BCUT2D eigenvalue weighted by Gasteiger charge is -2.24. The summed E-state index contributed by atoms with van der Waals surface area (Å²) in [7, 11) is 0. The fourth-order valence-corrected chi connectivity index (χ4v) is 2.27. The first-order valence-electron chi connectivity index (χ1n) is 8.62. The number of hydrogen-bond donors (Lipinski definition) is 0. The van der Waals surface area contributed by atoms with Gasteiger partial charge in [0.25, 0.3) is 0 Å². The van der Waals surface area contributed by atoms with Crippen LogP contribution in [0.25, 0.3) is 0 Å². The van der Waals surface area contributed by atoms with E-state index in [4.69, 9.17) is 9.47 Å². The molecule has 0 radical (unpaired) electrons. The molecule has 0 aromatic rings. The molecule has 0 bridgehead atoms. The number of allylic oxidation sites excluding steroid dienone is 3. The Kier molecular flexibility index (Phi) is 12.7. The second kappa shape index (κ2) is 13.4. The highest BCUT2D eigenvalue weighted by Crippen LogP contribution is 2.16. The molecule has 0 rings (SSSR count).